The standard InChI is InChI=1S/C19H19N3O2S/c1-12(2)17(16-9-5-11-25-16)22-19(24)18(23)21-15-8-3-7-14-13(15)6-4-10-20-14/h3-12,17H,1-2H3,(H,21,23)(H,22,24). The fourth-order valence-corrected chi connectivity index (χ4v) is 3.58. The van der Waals surface area contributed by atoms with E-state index in [1.54, 1.807) is 35.7 Å². The first-order valence-corrected chi connectivity index (χ1v) is 8.93. The first-order valence-electron chi connectivity index (χ1n) is 8.05. The second-order valence-electron chi connectivity index (χ2n) is 6.04. The number of aromatic nitrogens is 1. The number of nitrogens with zero attached hydrogens (tertiary/aromatic N) is 1. The summed E-state index contributed by atoms with van der Waals surface area (Å²) in [6.07, 6.45) is 1.69. The molecule has 1 aromatic carbocycles. The molecule has 0 aliphatic carbocycles. The number of amides is 2. The van der Waals surface area contributed by atoms with E-state index >= 15 is 0 Å². The Morgan fingerprint density at radius 2 is 1.88 bits per heavy atom. The third-order valence-electron chi connectivity index (χ3n) is 3.90. The molecule has 3 rings (SSSR count). The monoisotopic (exact) mass is 353 g/mol. The van der Waals surface area contributed by atoms with Gasteiger partial charge < -0.3 is 10.6 Å². The molecule has 3 aromatic rings. The minimum atomic E-state index is -0.682. The number of hydrogen-bond acceptors (Lipinski definition) is 4. The molecule has 2 amide bonds. The Morgan fingerprint density at radius 1 is 1.04 bits per heavy atom. The van der Waals surface area contributed by atoms with Crippen LogP contribution in [0, 0.1) is 5.92 Å². The van der Waals surface area contributed by atoms with Crippen molar-refractivity contribution in [3.8, 4) is 0 Å². The summed E-state index contributed by atoms with van der Waals surface area (Å²) in [5.41, 5.74) is 1.34. The van der Waals surface area contributed by atoms with Crippen LogP contribution in [0.2, 0.25) is 0 Å². The second-order valence-corrected chi connectivity index (χ2v) is 7.02. The predicted octanol–water partition coefficient (Wildman–Crippen LogP) is 3.75. The Bertz CT molecular complexity index is 885. The van der Waals surface area contributed by atoms with Crippen molar-refractivity contribution in [1.29, 1.82) is 0 Å². The van der Waals surface area contributed by atoms with Crippen molar-refractivity contribution >= 4 is 39.7 Å². The normalized spacial score (nSPS) is 12.1. The second kappa shape index (κ2) is 7.44. The number of carbonyl (C=O) groups is 2. The van der Waals surface area contributed by atoms with Gasteiger partial charge in [-0.15, -0.1) is 11.3 Å². The van der Waals surface area contributed by atoms with Gasteiger partial charge >= 0.3 is 11.8 Å². The van der Waals surface area contributed by atoms with Crippen LogP contribution in [0.5, 0.6) is 0 Å². The van der Waals surface area contributed by atoms with Crippen molar-refractivity contribution in [3.05, 3.63) is 58.9 Å². The van der Waals surface area contributed by atoms with Crippen molar-refractivity contribution in [2.24, 2.45) is 5.92 Å². The molecule has 128 valence electrons. The number of benzene rings is 1. The van der Waals surface area contributed by atoms with Crippen LogP contribution in [0.1, 0.15) is 24.8 Å². The molecule has 2 N–H and O–H groups in total. The fourth-order valence-electron chi connectivity index (χ4n) is 2.63. The lowest BCUT2D eigenvalue weighted by molar-refractivity contribution is -0.136. The number of thiophene rings is 1. The van der Waals surface area contributed by atoms with Gasteiger partial charge in [-0.2, -0.15) is 0 Å². The number of rotatable bonds is 4. The van der Waals surface area contributed by atoms with E-state index < -0.39 is 11.8 Å². The van der Waals surface area contributed by atoms with Gasteiger partial charge in [-0.05, 0) is 41.6 Å². The van der Waals surface area contributed by atoms with Crippen molar-refractivity contribution < 1.29 is 9.59 Å². The van der Waals surface area contributed by atoms with E-state index in [1.807, 2.05) is 43.5 Å². The van der Waals surface area contributed by atoms with Crippen LogP contribution in [0.3, 0.4) is 0 Å². The number of pyridine rings is 1. The Labute approximate surface area is 150 Å². The average molecular weight is 353 g/mol. The van der Waals surface area contributed by atoms with Gasteiger partial charge in [-0.1, -0.05) is 26.0 Å². The maximum Gasteiger partial charge on any atom is 0.313 e. The summed E-state index contributed by atoms with van der Waals surface area (Å²) in [7, 11) is 0. The molecular formula is C19H19N3O2S. The number of fused-ring (bicyclic) bond motifs is 1. The highest BCUT2D eigenvalue weighted by Gasteiger charge is 2.23. The number of carbonyl (C=O) groups excluding carboxylic acids is 2. The highest BCUT2D eigenvalue weighted by Crippen LogP contribution is 2.26. The molecule has 0 radical (unpaired) electrons. The highest BCUT2D eigenvalue weighted by molar-refractivity contribution is 7.10. The van der Waals surface area contributed by atoms with Gasteiger partial charge in [0.15, 0.2) is 0 Å². The van der Waals surface area contributed by atoms with E-state index in [0.717, 1.165) is 15.8 Å². The molecule has 0 aliphatic heterocycles. The van der Waals surface area contributed by atoms with Crippen molar-refractivity contribution in [2.45, 2.75) is 19.9 Å². The Morgan fingerprint density at radius 3 is 2.60 bits per heavy atom. The van der Waals surface area contributed by atoms with Crippen LogP contribution in [-0.2, 0) is 9.59 Å². The van der Waals surface area contributed by atoms with Gasteiger partial charge in [0.25, 0.3) is 0 Å². The van der Waals surface area contributed by atoms with E-state index in [4.69, 9.17) is 0 Å². The largest absolute Gasteiger partial charge is 0.340 e. The van der Waals surface area contributed by atoms with Gasteiger partial charge in [0.1, 0.15) is 0 Å². The quantitative estimate of drug-likeness (QED) is 0.702. The zero-order valence-corrected chi connectivity index (χ0v) is 14.8. The summed E-state index contributed by atoms with van der Waals surface area (Å²) in [5, 5.41) is 8.27. The summed E-state index contributed by atoms with van der Waals surface area (Å²) in [5.74, 6) is -1.15. The van der Waals surface area contributed by atoms with Crippen molar-refractivity contribution in [1.82, 2.24) is 10.3 Å². The van der Waals surface area contributed by atoms with Gasteiger partial charge in [-0.3, -0.25) is 14.6 Å². The van der Waals surface area contributed by atoms with Gasteiger partial charge in [-0.25, -0.2) is 0 Å². The Kier molecular flexibility index (Phi) is 5.09. The molecule has 2 heterocycles. The summed E-state index contributed by atoms with van der Waals surface area (Å²) < 4.78 is 0. The first-order chi connectivity index (χ1) is 12.1. The zero-order valence-electron chi connectivity index (χ0n) is 14.0. The third-order valence-corrected chi connectivity index (χ3v) is 4.86. The summed E-state index contributed by atoms with van der Waals surface area (Å²) in [6, 6.07) is 12.8. The maximum absolute atomic E-state index is 12.4. The molecule has 0 spiro atoms. The summed E-state index contributed by atoms with van der Waals surface area (Å²) in [6.45, 7) is 4.03. The molecular weight excluding hydrogens is 334 g/mol. The fraction of sp³-hybridized carbons (Fsp3) is 0.211. The van der Waals surface area contributed by atoms with Gasteiger partial charge in [0, 0.05) is 16.5 Å². The van der Waals surface area contributed by atoms with Gasteiger partial charge in [0.05, 0.1) is 17.2 Å². The molecule has 0 fully saturated rings. The topological polar surface area (TPSA) is 71.1 Å². The molecule has 5 nitrogen and oxygen atoms in total. The van der Waals surface area contributed by atoms with Gasteiger partial charge in [0.2, 0.25) is 0 Å². The molecule has 0 saturated carbocycles. The maximum atomic E-state index is 12.4. The van der Waals surface area contributed by atoms with Crippen LogP contribution in [0.15, 0.2) is 54.0 Å². The van der Waals surface area contributed by atoms with E-state index in [0.29, 0.717) is 5.69 Å². The van der Waals surface area contributed by atoms with Crippen LogP contribution in [0.25, 0.3) is 10.9 Å². The number of hydrogen-bond donors (Lipinski definition) is 2. The van der Waals surface area contributed by atoms with Crippen molar-refractivity contribution in [3.63, 3.8) is 0 Å². The lowest BCUT2D eigenvalue weighted by atomic mass is 10.0. The molecule has 25 heavy (non-hydrogen) atoms. The SMILES string of the molecule is CC(C)C(NC(=O)C(=O)Nc1cccc2ncccc12)c1cccs1. The third kappa shape index (κ3) is 3.85. The molecule has 0 bridgehead atoms. The lowest BCUT2D eigenvalue weighted by Crippen LogP contribution is -2.39. The number of anilines is 1. The van der Waals surface area contributed by atoms with Crippen LogP contribution < -0.4 is 10.6 Å². The Balaban J connectivity index is 1.75. The highest BCUT2D eigenvalue weighted by atomic mass is 32.1. The van der Waals surface area contributed by atoms with Crippen LogP contribution in [0.4, 0.5) is 5.69 Å². The molecule has 2 aromatic heterocycles. The molecule has 1 atom stereocenters. The molecule has 0 aliphatic rings. The first kappa shape index (κ1) is 17.1. The van der Waals surface area contributed by atoms with E-state index in [9.17, 15) is 9.59 Å². The minimum Gasteiger partial charge on any atom is -0.340 e. The van der Waals surface area contributed by atoms with E-state index in [2.05, 4.69) is 15.6 Å². The lowest BCUT2D eigenvalue weighted by Gasteiger charge is -2.21. The summed E-state index contributed by atoms with van der Waals surface area (Å²) in [4.78, 5) is 30.0. The van der Waals surface area contributed by atoms with Crippen molar-refractivity contribution in [2.75, 3.05) is 5.32 Å². The molecule has 0 saturated heterocycles. The average Bonchev–Trinajstić information content (AvgIpc) is 3.13. The van der Waals surface area contributed by atoms with Crippen LogP contribution >= 0.6 is 11.3 Å². The molecule has 6 heteroatoms. The Hall–Kier alpha value is -2.73. The summed E-state index contributed by atoms with van der Waals surface area (Å²) >= 11 is 1.56. The van der Waals surface area contributed by atoms with Crippen LogP contribution in [-0.4, -0.2) is 16.8 Å². The van der Waals surface area contributed by atoms with E-state index in [-0.39, 0.29) is 12.0 Å². The minimum absolute atomic E-state index is 0.178. The predicted molar refractivity (Wildman–Crippen MR) is 100 cm³/mol. The zero-order chi connectivity index (χ0) is 17.8. The smallest absolute Gasteiger partial charge is 0.313 e. The number of nitrogens with one attached hydrogen (secondary N) is 2. The molecule has 1 unspecified atom stereocenters. The van der Waals surface area contributed by atoms with E-state index in [1.165, 1.54) is 0 Å².